The molecule has 2 heteroatoms. The van der Waals surface area contributed by atoms with E-state index < -0.39 is 0 Å². The zero-order valence-electron chi connectivity index (χ0n) is 7.80. The van der Waals surface area contributed by atoms with Gasteiger partial charge < -0.3 is 4.74 Å². The van der Waals surface area contributed by atoms with Crippen LogP contribution in [0.4, 0.5) is 0 Å². The maximum absolute atomic E-state index is 10.6. The van der Waals surface area contributed by atoms with Gasteiger partial charge in [0.2, 0.25) is 0 Å². The number of carbonyl (C=O) groups excluding carboxylic acids is 1. The zero-order valence-corrected chi connectivity index (χ0v) is 7.80. The molecule has 0 aliphatic rings. The fourth-order valence-corrected chi connectivity index (χ4v) is 1.00. The lowest BCUT2D eigenvalue weighted by Gasteiger charge is -2.13. The van der Waals surface area contributed by atoms with Gasteiger partial charge in [0, 0.05) is 13.3 Å². The highest BCUT2D eigenvalue weighted by Crippen LogP contribution is 2.08. The average molecular weight is 168 g/mol. The van der Waals surface area contributed by atoms with Crippen molar-refractivity contribution in [2.75, 3.05) is 0 Å². The fraction of sp³-hybridized carbons (Fsp3) is 0.700. The highest BCUT2D eigenvalue weighted by Gasteiger charge is 2.08. The molecule has 68 valence electrons. The minimum absolute atomic E-state index is 0.0764. The summed E-state index contributed by atoms with van der Waals surface area (Å²) >= 11 is 0. The van der Waals surface area contributed by atoms with Crippen LogP contribution < -0.4 is 0 Å². The maximum Gasteiger partial charge on any atom is 0.302 e. The first-order chi connectivity index (χ1) is 5.70. The van der Waals surface area contributed by atoms with Gasteiger partial charge >= 0.3 is 5.97 Å². The smallest absolute Gasteiger partial charge is 0.302 e. The molecule has 0 aromatic rings. The lowest BCUT2D eigenvalue weighted by atomic mass is 10.1. The third-order valence-corrected chi connectivity index (χ3v) is 1.56. The summed E-state index contributed by atoms with van der Waals surface area (Å²) in [6.45, 7) is 3.51. The van der Waals surface area contributed by atoms with Crippen LogP contribution in [0.1, 0.15) is 39.5 Å². The van der Waals surface area contributed by atoms with Gasteiger partial charge in [-0.3, -0.25) is 4.79 Å². The van der Waals surface area contributed by atoms with Crippen molar-refractivity contribution in [1.82, 2.24) is 0 Å². The molecule has 0 bridgehead atoms. The first-order valence-corrected chi connectivity index (χ1v) is 4.31. The predicted octanol–water partition coefficient (Wildman–Crippen LogP) is 2.13. The van der Waals surface area contributed by atoms with Crippen molar-refractivity contribution >= 4 is 5.97 Å². The van der Waals surface area contributed by atoms with Crippen molar-refractivity contribution < 1.29 is 9.53 Å². The second kappa shape index (κ2) is 6.72. The van der Waals surface area contributed by atoms with E-state index in [1.807, 2.05) is 0 Å². The molecular weight excluding hydrogens is 152 g/mol. The van der Waals surface area contributed by atoms with E-state index in [2.05, 4.69) is 12.8 Å². The summed E-state index contributed by atoms with van der Waals surface area (Å²) in [4.78, 5) is 10.6. The molecule has 0 heterocycles. The molecule has 0 aliphatic heterocycles. The molecule has 0 fully saturated rings. The maximum atomic E-state index is 10.6. The van der Waals surface area contributed by atoms with Crippen LogP contribution in [-0.4, -0.2) is 12.1 Å². The number of hydrogen-bond acceptors (Lipinski definition) is 2. The second-order valence-corrected chi connectivity index (χ2v) is 2.78. The van der Waals surface area contributed by atoms with Crippen molar-refractivity contribution in [1.29, 1.82) is 0 Å². The summed E-state index contributed by atoms with van der Waals surface area (Å²) < 4.78 is 5.01. The van der Waals surface area contributed by atoms with Gasteiger partial charge in [-0.05, 0) is 6.42 Å². The van der Waals surface area contributed by atoms with Crippen molar-refractivity contribution in [2.24, 2.45) is 0 Å². The molecule has 0 rings (SSSR count). The lowest BCUT2D eigenvalue weighted by molar-refractivity contribution is -0.146. The zero-order chi connectivity index (χ0) is 9.40. The van der Waals surface area contributed by atoms with Gasteiger partial charge in [0.15, 0.2) is 0 Å². The highest BCUT2D eigenvalue weighted by atomic mass is 16.5. The van der Waals surface area contributed by atoms with Crippen LogP contribution in [0.5, 0.6) is 0 Å². The van der Waals surface area contributed by atoms with Crippen LogP contribution in [0.3, 0.4) is 0 Å². The monoisotopic (exact) mass is 168 g/mol. The van der Waals surface area contributed by atoms with Crippen molar-refractivity contribution in [3.63, 3.8) is 0 Å². The van der Waals surface area contributed by atoms with Crippen molar-refractivity contribution in [3.05, 3.63) is 0 Å². The van der Waals surface area contributed by atoms with E-state index in [1.54, 1.807) is 0 Å². The molecule has 0 N–H and O–H groups in total. The number of unbranched alkanes of at least 4 members (excludes halogenated alkanes) is 1. The van der Waals surface area contributed by atoms with Crippen LogP contribution in [0.25, 0.3) is 0 Å². The van der Waals surface area contributed by atoms with E-state index >= 15 is 0 Å². The summed E-state index contributed by atoms with van der Waals surface area (Å²) in [5.74, 6) is 2.26. The molecule has 0 spiro atoms. The first kappa shape index (κ1) is 11.0. The molecule has 12 heavy (non-hydrogen) atoms. The normalized spacial score (nSPS) is 11.8. The van der Waals surface area contributed by atoms with Crippen LogP contribution in [0.15, 0.2) is 0 Å². The number of hydrogen-bond donors (Lipinski definition) is 0. The topological polar surface area (TPSA) is 26.3 Å². The quantitative estimate of drug-likeness (QED) is 0.464. The lowest BCUT2D eigenvalue weighted by Crippen LogP contribution is -2.15. The van der Waals surface area contributed by atoms with E-state index in [9.17, 15) is 4.79 Å². The summed E-state index contributed by atoms with van der Waals surface area (Å²) in [5.41, 5.74) is 0. The van der Waals surface area contributed by atoms with Gasteiger partial charge in [-0.15, -0.1) is 12.3 Å². The third kappa shape index (κ3) is 5.79. The Balaban J connectivity index is 3.71. The molecule has 0 saturated carbocycles. The Bertz CT molecular complexity index is 167. The molecule has 0 amide bonds. The largest absolute Gasteiger partial charge is 0.462 e. The Morgan fingerprint density at radius 3 is 2.75 bits per heavy atom. The van der Waals surface area contributed by atoms with Crippen LogP contribution in [0.2, 0.25) is 0 Å². The summed E-state index contributed by atoms with van der Waals surface area (Å²) in [6.07, 6.45) is 8.62. The highest BCUT2D eigenvalue weighted by molar-refractivity contribution is 5.66. The van der Waals surface area contributed by atoms with E-state index in [0.29, 0.717) is 6.42 Å². The van der Waals surface area contributed by atoms with Gasteiger partial charge in [0.25, 0.3) is 0 Å². The van der Waals surface area contributed by atoms with Gasteiger partial charge in [-0.25, -0.2) is 0 Å². The number of carbonyl (C=O) groups is 1. The average Bonchev–Trinajstić information content (AvgIpc) is 2.00. The van der Waals surface area contributed by atoms with Gasteiger partial charge in [-0.2, -0.15) is 0 Å². The number of terminal acetylenes is 1. The molecule has 0 aromatic heterocycles. The van der Waals surface area contributed by atoms with Crippen molar-refractivity contribution in [2.45, 2.75) is 45.6 Å². The molecule has 0 aromatic carbocycles. The number of esters is 1. The molecule has 1 unspecified atom stereocenters. The molecule has 0 saturated heterocycles. The Kier molecular flexibility index (Phi) is 6.18. The van der Waals surface area contributed by atoms with E-state index in [4.69, 9.17) is 11.2 Å². The van der Waals surface area contributed by atoms with Crippen molar-refractivity contribution in [3.8, 4) is 12.3 Å². The van der Waals surface area contributed by atoms with E-state index in [0.717, 1.165) is 19.3 Å². The second-order valence-electron chi connectivity index (χ2n) is 2.78. The molecule has 1 atom stereocenters. The standard InChI is InChI=1S/C10H16O2/c1-4-6-8-10(7-5-2)12-9(3)11/h2,10H,4,6-8H2,1,3H3. The SMILES string of the molecule is C#CCC(CCCC)OC(C)=O. The molecular formula is C10H16O2. The van der Waals surface area contributed by atoms with Crippen LogP contribution >= 0.6 is 0 Å². The van der Waals surface area contributed by atoms with Gasteiger partial charge in [0.05, 0.1) is 0 Å². The molecule has 2 nitrogen and oxygen atoms in total. The number of ether oxygens (including phenoxy) is 1. The predicted molar refractivity (Wildman–Crippen MR) is 48.5 cm³/mol. The van der Waals surface area contributed by atoms with Gasteiger partial charge in [-0.1, -0.05) is 19.8 Å². The summed E-state index contributed by atoms with van der Waals surface area (Å²) in [7, 11) is 0. The minimum atomic E-state index is -0.244. The fourth-order valence-electron chi connectivity index (χ4n) is 1.00. The Hall–Kier alpha value is -0.970. The van der Waals surface area contributed by atoms with Crippen LogP contribution in [0, 0.1) is 12.3 Å². The Morgan fingerprint density at radius 2 is 2.33 bits per heavy atom. The third-order valence-electron chi connectivity index (χ3n) is 1.56. The Labute approximate surface area is 74.3 Å². The molecule has 0 radical (unpaired) electrons. The minimum Gasteiger partial charge on any atom is -0.462 e. The number of rotatable bonds is 5. The van der Waals surface area contributed by atoms with E-state index in [-0.39, 0.29) is 12.1 Å². The molecule has 0 aliphatic carbocycles. The van der Waals surface area contributed by atoms with E-state index in [1.165, 1.54) is 6.92 Å². The van der Waals surface area contributed by atoms with Crippen LogP contribution in [-0.2, 0) is 9.53 Å². The summed E-state index contributed by atoms with van der Waals surface area (Å²) in [5, 5.41) is 0. The Morgan fingerprint density at radius 1 is 1.67 bits per heavy atom. The first-order valence-electron chi connectivity index (χ1n) is 4.31. The van der Waals surface area contributed by atoms with Gasteiger partial charge in [0.1, 0.15) is 6.10 Å². The summed E-state index contributed by atoms with van der Waals surface area (Å²) in [6, 6.07) is 0.